The highest BCUT2D eigenvalue weighted by molar-refractivity contribution is 5.67. The van der Waals surface area contributed by atoms with Gasteiger partial charge in [-0.25, -0.2) is 0 Å². The molecule has 6 heteroatoms. The fourth-order valence-electron chi connectivity index (χ4n) is 2.35. The quantitative estimate of drug-likeness (QED) is 0.881. The Morgan fingerprint density at radius 1 is 1.47 bits per heavy atom. The zero-order chi connectivity index (χ0) is 14.0. The number of nitrogens with zero attached hydrogens (tertiary/aromatic N) is 2. The summed E-state index contributed by atoms with van der Waals surface area (Å²) in [5, 5.41) is 16.9. The van der Waals surface area contributed by atoms with Crippen molar-refractivity contribution < 1.29 is 19.1 Å². The molecule has 1 aliphatic heterocycles. The van der Waals surface area contributed by atoms with E-state index in [1.165, 1.54) is 0 Å². The van der Waals surface area contributed by atoms with E-state index in [1.807, 2.05) is 13.8 Å². The molecule has 0 saturated carbocycles. The van der Waals surface area contributed by atoms with Crippen molar-refractivity contribution >= 4 is 5.97 Å². The highest BCUT2D eigenvalue weighted by Crippen LogP contribution is 2.34. The first-order valence-corrected chi connectivity index (χ1v) is 6.53. The maximum absolute atomic E-state index is 10.8. The van der Waals surface area contributed by atoms with Gasteiger partial charge >= 0.3 is 5.97 Å². The first kappa shape index (κ1) is 14.0. The Bertz CT molecular complexity index is 455. The maximum Gasteiger partial charge on any atom is 0.303 e. The van der Waals surface area contributed by atoms with E-state index in [1.54, 1.807) is 0 Å². The summed E-state index contributed by atoms with van der Waals surface area (Å²) in [5.74, 6) is 0.535. The number of aliphatic carboxylic acids is 1. The lowest BCUT2D eigenvalue weighted by Gasteiger charge is -2.19. The summed E-state index contributed by atoms with van der Waals surface area (Å²) < 4.78 is 11.2. The average molecular weight is 268 g/mol. The van der Waals surface area contributed by atoms with Crippen molar-refractivity contribution in [2.45, 2.75) is 46.1 Å². The maximum atomic E-state index is 10.8. The van der Waals surface area contributed by atoms with Crippen molar-refractivity contribution in [3.05, 3.63) is 11.8 Å². The molecule has 0 spiro atoms. The Hall–Kier alpha value is -1.43. The van der Waals surface area contributed by atoms with Crippen molar-refractivity contribution in [3.63, 3.8) is 0 Å². The first-order chi connectivity index (χ1) is 8.87. The highest BCUT2D eigenvalue weighted by Gasteiger charge is 2.32. The standard InChI is InChI=1S/C13H20N2O4/c1-8-4-5-18-11(8)12-15-14-9(19-12)6-13(2,3)7-10(16)17/h8,11H,4-7H2,1-3H3,(H,16,17). The molecule has 1 aromatic heterocycles. The minimum Gasteiger partial charge on any atom is -0.481 e. The molecule has 0 radical (unpaired) electrons. The molecule has 106 valence electrons. The summed E-state index contributed by atoms with van der Waals surface area (Å²) in [5.41, 5.74) is -0.405. The molecule has 1 aliphatic rings. The number of carboxylic acids is 1. The zero-order valence-electron chi connectivity index (χ0n) is 11.5. The molecule has 1 N–H and O–H groups in total. The molecule has 0 amide bonds. The molecule has 19 heavy (non-hydrogen) atoms. The van der Waals surface area contributed by atoms with Crippen LogP contribution < -0.4 is 0 Å². The van der Waals surface area contributed by atoms with Crippen molar-refractivity contribution in [1.82, 2.24) is 10.2 Å². The van der Waals surface area contributed by atoms with Gasteiger partial charge in [-0.05, 0) is 17.8 Å². The number of carbonyl (C=O) groups is 1. The molecule has 1 aromatic rings. The molecule has 1 saturated heterocycles. The second-order valence-electron chi connectivity index (χ2n) is 6.00. The number of ether oxygens (including phenoxy) is 1. The summed E-state index contributed by atoms with van der Waals surface area (Å²) in [6.07, 6.45) is 1.39. The van der Waals surface area contributed by atoms with Crippen LogP contribution in [0.5, 0.6) is 0 Å². The van der Waals surface area contributed by atoms with Crippen LogP contribution in [0.1, 0.15) is 51.5 Å². The molecular weight excluding hydrogens is 248 g/mol. The van der Waals surface area contributed by atoms with E-state index in [9.17, 15) is 4.79 Å². The fourth-order valence-corrected chi connectivity index (χ4v) is 2.35. The zero-order valence-corrected chi connectivity index (χ0v) is 11.5. The van der Waals surface area contributed by atoms with Crippen molar-refractivity contribution in [3.8, 4) is 0 Å². The van der Waals surface area contributed by atoms with Crippen molar-refractivity contribution in [2.75, 3.05) is 6.61 Å². The van der Waals surface area contributed by atoms with Gasteiger partial charge in [-0.2, -0.15) is 0 Å². The topological polar surface area (TPSA) is 85.5 Å². The van der Waals surface area contributed by atoms with Crippen LogP contribution in [0, 0.1) is 11.3 Å². The number of rotatable bonds is 5. The van der Waals surface area contributed by atoms with Crippen molar-refractivity contribution in [1.29, 1.82) is 0 Å². The van der Waals surface area contributed by atoms with Crippen LogP contribution in [0.2, 0.25) is 0 Å². The first-order valence-electron chi connectivity index (χ1n) is 6.53. The highest BCUT2D eigenvalue weighted by atomic mass is 16.5. The molecule has 2 heterocycles. The average Bonchev–Trinajstić information content (AvgIpc) is 2.84. The third-order valence-electron chi connectivity index (χ3n) is 3.37. The van der Waals surface area contributed by atoms with Crippen LogP contribution in [-0.2, 0) is 16.0 Å². The summed E-state index contributed by atoms with van der Waals surface area (Å²) >= 11 is 0. The largest absolute Gasteiger partial charge is 0.481 e. The van der Waals surface area contributed by atoms with Gasteiger partial charge in [-0.1, -0.05) is 20.8 Å². The van der Waals surface area contributed by atoms with E-state index < -0.39 is 11.4 Å². The molecule has 2 atom stereocenters. The lowest BCUT2D eigenvalue weighted by atomic mass is 9.86. The molecule has 1 fully saturated rings. The van der Waals surface area contributed by atoms with E-state index >= 15 is 0 Å². The van der Waals surface area contributed by atoms with Gasteiger partial charge in [-0.3, -0.25) is 4.79 Å². The second-order valence-corrected chi connectivity index (χ2v) is 6.00. The Kier molecular flexibility index (Phi) is 3.89. The predicted octanol–water partition coefficient (Wildman–Crippen LogP) is 2.21. The normalized spacial score (nSPS) is 23.7. The lowest BCUT2D eigenvalue weighted by Crippen LogP contribution is -2.19. The summed E-state index contributed by atoms with van der Waals surface area (Å²) in [6.45, 7) is 6.56. The van der Waals surface area contributed by atoms with Gasteiger partial charge in [0.2, 0.25) is 11.8 Å². The Morgan fingerprint density at radius 3 is 2.79 bits per heavy atom. The Morgan fingerprint density at radius 2 is 2.21 bits per heavy atom. The van der Waals surface area contributed by atoms with Crippen LogP contribution in [0.3, 0.4) is 0 Å². The molecule has 0 bridgehead atoms. The summed E-state index contributed by atoms with van der Waals surface area (Å²) in [6, 6.07) is 0. The molecule has 0 aromatic carbocycles. The minimum absolute atomic E-state index is 0.0705. The SMILES string of the molecule is CC1CCOC1c1nnc(CC(C)(C)CC(=O)O)o1. The summed E-state index contributed by atoms with van der Waals surface area (Å²) in [7, 11) is 0. The van der Waals surface area contributed by atoms with Crippen LogP contribution in [0.4, 0.5) is 0 Å². The third kappa shape index (κ3) is 3.53. The van der Waals surface area contributed by atoms with Crippen LogP contribution in [0.15, 0.2) is 4.42 Å². The molecular formula is C13H20N2O4. The number of carboxylic acid groups (broad SMARTS) is 1. The van der Waals surface area contributed by atoms with Crippen LogP contribution in [0.25, 0.3) is 0 Å². The molecule has 0 aliphatic carbocycles. The van der Waals surface area contributed by atoms with Gasteiger partial charge in [-0.15, -0.1) is 10.2 Å². The third-order valence-corrected chi connectivity index (χ3v) is 3.37. The monoisotopic (exact) mass is 268 g/mol. The van der Waals surface area contributed by atoms with E-state index in [4.69, 9.17) is 14.3 Å². The van der Waals surface area contributed by atoms with E-state index in [0.29, 0.717) is 30.7 Å². The Labute approximate surface area is 112 Å². The predicted molar refractivity (Wildman–Crippen MR) is 66.5 cm³/mol. The number of aromatic nitrogens is 2. The van der Waals surface area contributed by atoms with Crippen molar-refractivity contribution in [2.24, 2.45) is 11.3 Å². The van der Waals surface area contributed by atoms with Gasteiger partial charge in [0.25, 0.3) is 0 Å². The van der Waals surface area contributed by atoms with E-state index in [0.717, 1.165) is 6.42 Å². The molecule has 2 unspecified atom stereocenters. The molecule has 6 nitrogen and oxygen atoms in total. The lowest BCUT2D eigenvalue weighted by molar-refractivity contribution is -0.139. The van der Waals surface area contributed by atoms with Crippen LogP contribution >= 0.6 is 0 Å². The molecule has 2 rings (SSSR count). The van der Waals surface area contributed by atoms with Gasteiger partial charge in [0.15, 0.2) is 0 Å². The Balaban J connectivity index is 2.03. The summed E-state index contributed by atoms with van der Waals surface area (Å²) in [4.78, 5) is 10.8. The van der Waals surface area contributed by atoms with Gasteiger partial charge in [0.1, 0.15) is 6.10 Å². The second kappa shape index (κ2) is 5.28. The smallest absolute Gasteiger partial charge is 0.303 e. The fraction of sp³-hybridized carbons (Fsp3) is 0.769. The number of hydrogen-bond donors (Lipinski definition) is 1. The van der Waals surface area contributed by atoms with Gasteiger partial charge < -0.3 is 14.3 Å². The van der Waals surface area contributed by atoms with Crippen LogP contribution in [-0.4, -0.2) is 27.9 Å². The minimum atomic E-state index is -0.822. The van der Waals surface area contributed by atoms with E-state index in [2.05, 4.69) is 17.1 Å². The number of hydrogen-bond acceptors (Lipinski definition) is 5. The van der Waals surface area contributed by atoms with E-state index in [-0.39, 0.29) is 12.5 Å². The van der Waals surface area contributed by atoms with Gasteiger partial charge in [0, 0.05) is 13.0 Å². The van der Waals surface area contributed by atoms with Gasteiger partial charge in [0.05, 0.1) is 6.42 Å².